The average molecular weight is 290 g/mol. The monoisotopic (exact) mass is 290 g/mol. The molecule has 8 heteroatoms. The van der Waals surface area contributed by atoms with E-state index in [9.17, 15) is 14.9 Å². The Hall–Kier alpha value is -2.66. The molecule has 0 unspecified atom stereocenters. The molecule has 0 saturated carbocycles. The van der Waals surface area contributed by atoms with E-state index >= 15 is 0 Å². The minimum Gasteiger partial charge on any atom is -0.378 e. The second kappa shape index (κ2) is 6.67. The highest BCUT2D eigenvalue weighted by Gasteiger charge is 2.22. The van der Waals surface area contributed by atoms with Gasteiger partial charge in [0.1, 0.15) is 12.1 Å². The Morgan fingerprint density at radius 3 is 2.81 bits per heavy atom. The molecule has 1 fully saturated rings. The zero-order valence-electron chi connectivity index (χ0n) is 11.2. The average Bonchev–Trinajstić information content (AvgIpc) is 2.48. The highest BCUT2D eigenvalue weighted by molar-refractivity contribution is 5.92. The predicted octanol–water partition coefficient (Wildman–Crippen LogP) is 1.28. The van der Waals surface area contributed by atoms with Gasteiger partial charge in [0.2, 0.25) is 5.91 Å². The number of nitro benzene ring substituents is 1. The van der Waals surface area contributed by atoms with E-state index in [2.05, 4.69) is 5.32 Å². The van der Waals surface area contributed by atoms with Gasteiger partial charge in [-0.15, -0.1) is 0 Å². The molecule has 1 aromatic carbocycles. The molecule has 2 rings (SSSR count). The molecular formula is C13H14N4O4. The topological polar surface area (TPSA) is 108 Å². The fraction of sp³-hybridized carbons (Fsp3) is 0.385. The molecule has 1 aliphatic heterocycles. The van der Waals surface area contributed by atoms with Crippen molar-refractivity contribution in [2.75, 3.05) is 36.5 Å². The number of hydrogen-bond acceptors (Lipinski definition) is 6. The van der Waals surface area contributed by atoms with Crippen LogP contribution in [0.5, 0.6) is 0 Å². The summed E-state index contributed by atoms with van der Waals surface area (Å²) in [6.07, 6.45) is -0.293. The van der Waals surface area contributed by atoms with Gasteiger partial charge in [-0.25, -0.2) is 0 Å². The van der Waals surface area contributed by atoms with Crippen LogP contribution in [0.25, 0.3) is 0 Å². The fourth-order valence-corrected chi connectivity index (χ4v) is 2.10. The summed E-state index contributed by atoms with van der Waals surface area (Å²) in [5.41, 5.74) is 0.729. The zero-order chi connectivity index (χ0) is 15.2. The fourth-order valence-electron chi connectivity index (χ4n) is 2.10. The van der Waals surface area contributed by atoms with Crippen molar-refractivity contribution in [2.45, 2.75) is 6.42 Å². The highest BCUT2D eigenvalue weighted by Crippen LogP contribution is 2.31. The first-order valence-corrected chi connectivity index (χ1v) is 6.40. The van der Waals surface area contributed by atoms with Crippen molar-refractivity contribution < 1.29 is 14.5 Å². The third-order valence-corrected chi connectivity index (χ3v) is 3.05. The van der Waals surface area contributed by atoms with Gasteiger partial charge in [0.25, 0.3) is 5.69 Å². The summed E-state index contributed by atoms with van der Waals surface area (Å²) < 4.78 is 5.23. The molecule has 1 aliphatic rings. The molecule has 1 aromatic rings. The molecule has 1 saturated heterocycles. The third kappa shape index (κ3) is 3.67. The lowest BCUT2D eigenvalue weighted by atomic mass is 10.2. The van der Waals surface area contributed by atoms with E-state index in [0.29, 0.717) is 37.7 Å². The van der Waals surface area contributed by atoms with Crippen molar-refractivity contribution in [3.05, 3.63) is 28.3 Å². The third-order valence-electron chi connectivity index (χ3n) is 3.05. The number of amides is 1. The van der Waals surface area contributed by atoms with Crippen molar-refractivity contribution in [3.63, 3.8) is 0 Å². The van der Waals surface area contributed by atoms with Gasteiger partial charge in [-0.05, 0) is 12.1 Å². The number of nitro groups is 1. The van der Waals surface area contributed by atoms with Crippen molar-refractivity contribution in [3.8, 4) is 6.07 Å². The standard InChI is InChI=1S/C13H14N4O4/c14-4-3-13(18)15-10-1-2-11(12(9-10)17(19)20)16-5-7-21-8-6-16/h1-2,9H,3,5-8H2,(H,15,18). The predicted molar refractivity (Wildman–Crippen MR) is 75.0 cm³/mol. The summed E-state index contributed by atoms with van der Waals surface area (Å²) in [5, 5.41) is 22.1. The molecule has 0 bridgehead atoms. The number of benzene rings is 1. The van der Waals surface area contributed by atoms with Crippen molar-refractivity contribution in [1.82, 2.24) is 0 Å². The van der Waals surface area contributed by atoms with Gasteiger partial charge in [-0.2, -0.15) is 5.26 Å². The highest BCUT2D eigenvalue weighted by atomic mass is 16.6. The molecule has 1 heterocycles. The van der Waals surface area contributed by atoms with E-state index in [-0.39, 0.29) is 12.1 Å². The Kier molecular flexibility index (Phi) is 4.68. The minimum atomic E-state index is -0.495. The summed E-state index contributed by atoms with van der Waals surface area (Å²) in [5.74, 6) is -0.495. The van der Waals surface area contributed by atoms with Crippen LogP contribution in [0.2, 0.25) is 0 Å². The number of ether oxygens (including phenoxy) is 1. The number of nitrogens with zero attached hydrogens (tertiary/aromatic N) is 3. The van der Waals surface area contributed by atoms with Crippen LogP contribution < -0.4 is 10.2 Å². The Balaban J connectivity index is 2.24. The first kappa shape index (κ1) is 14.7. The lowest BCUT2D eigenvalue weighted by Gasteiger charge is -2.28. The number of nitrogens with one attached hydrogen (secondary N) is 1. The number of hydrogen-bond donors (Lipinski definition) is 1. The summed E-state index contributed by atoms with van der Waals surface area (Å²) in [6.45, 7) is 2.22. The first-order valence-electron chi connectivity index (χ1n) is 6.40. The Labute approximate surface area is 121 Å². The lowest BCUT2D eigenvalue weighted by molar-refractivity contribution is -0.384. The van der Waals surface area contributed by atoms with Crippen molar-refractivity contribution in [1.29, 1.82) is 5.26 Å². The van der Waals surface area contributed by atoms with Gasteiger partial charge in [-0.3, -0.25) is 14.9 Å². The van der Waals surface area contributed by atoms with Gasteiger partial charge in [-0.1, -0.05) is 0 Å². The van der Waals surface area contributed by atoms with Crippen LogP contribution in [-0.4, -0.2) is 37.1 Å². The van der Waals surface area contributed by atoms with Crippen LogP contribution in [0.3, 0.4) is 0 Å². The van der Waals surface area contributed by atoms with Gasteiger partial charge in [0, 0.05) is 24.8 Å². The quantitative estimate of drug-likeness (QED) is 0.661. The summed E-state index contributed by atoms with van der Waals surface area (Å²) in [6, 6.07) is 6.22. The molecule has 0 spiro atoms. The molecule has 0 aliphatic carbocycles. The maximum Gasteiger partial charge on any atom is 0.294 e. The van der Waals surface area contributed by atoms with Gasteiger partial charge >= 0.3 is 0 Å². The Bertz CT molecular complexity index is 590. The van der Waals surface area contributed by atoms with Crippen molar-refractivity contribution >= 4 is 23.0 Å². The van der Waals surface area contributed by atoms with Crippen molar-refractivity contribution in [2.24, 2.45) is 0 Å². The van der Waals surface area contributed by atoms with E-state index in [1.54, 1.807) is 18.2 Å². The number of morpholine rings is 1. The molecule has 1 N–H and O–H groups in total. The van der Waals surface area contributed by atoms with Gasteiger partial charge < -0.3 is 15.0 Å². The van der Waals surface area contributed by atoms with Crippen LogP contribution in [0, 0.1) is 21.4 Å². The van der Waals surface area contributed by atoms with Crippen LogP contribution in [0.15, 0.2) is 18.2 Å². The summed E-state index contributed by atoms with van der Waals surface area (Å²) in [7, 11) is 0. The Morgan fingerprint density at radius 2 is 2.19 bits per heavy atom. The number of carbonyl (C=O) groups excluding carboxylic acids is 1. The zero-order valence-corrected chi connectivity index (χ0v) is 11.2. The second-order valence-corrected chi connectivity index (χ2v) is 4.44. The minimum absolute atomic E-state index is 0.0772. The summed E-state index contributed by atoms with van der Waals surface area (Å²) >= 11 is 0. The molecule has 21 heavy (non-hydrogen) atoms. The lowest BCUT2D eigenvalue weighted by Crippen LogP contribution is -2.36. The maximum absolute atomic E-state index is 11.3. The van der Waals surface area contributed by atoms with E-state index < -0.39 is 10.8 Å². The van der Waals surface area contributed by atoms with Crippen LogP contribution >= 0.6 is 0 Å². The van der Waals surface area contributed by atoms with Gasteiger partial charge in [0.05, 0.1) is 24.2 Å². The van der Waals surface area contributed by atoms with Crippen LogP contribution in [0.4, 0.5) is 17.1 Å². The molecule has 1 amide bonds. The molecule has 0 atom stereocenters. The number of anilines is 2. The first-order chi connectivity index (χ1) is 10.1. The molecular weight excluding hydrogens is 276 g/mol. The van der Waals surface area contributed by atoms with Crippen LogP contribution in [-0.2, 0) is 9.53 Å². The number of nitriles is 1. The van der Waals surface area contributed by atoms with E-state index in [0.717, 1.165) is 0 Å². The number of carbonyl (C=O) groups is 1. The van der Waals surface area contributed by atoms with E-state index in [4.69, 9.17) is 10.00 Å². The smallest absolute Gasteiger partial charge is 0.294 e. The largest absolute Gasteiger partial charge is 0.378 e. The normalized spacial score (nSPS) is 14.3. The molecule has 0 aromatic heterocycles. The van der Waals surface area contributed by atoms with E-state index in [1.165, 1.54) is 6.07 Å². The molecule has 110 valence electrons. The molecule has 8 nitrogen and oxygen atoms in total. The Morgan fingerprint density at radius 1 is 1.48 bits per heavy atom. The summed E-state index contributed by atoms with van der Waals surface area (Å²) in [4.78, 5) is 24.0. The molecule has 0 radical (unpaired) electrons. The van der Waals surface area contributed by atoms with Crippen LogP contribution in [0.1, 0.15) is 6.42 Å². The second-order valence-electron chi connectivity index (χ2n) is 4.44. The SMILES string of the molecule is N#CCC(=O)Nc1ccc(N2CCOCC2)c([N+](=O)[O-])c1. The van der Waals surface area contributed by atoms with Gasteiger partial charge in [0.15, 0.2) is 0 Å². The van der Waals surface area contributed by atoms with E-state index in [1.807, 2.05) is 4.90 Å². The number of rotatable bonds is 4. The maximum atomic E-state index is 11.3.